The molecule has 0 aliphatic carbocycles. The van der Waals surface area contributed by atoms with Crippen molar-refractivity contribution in [3.05, 3.63) is 16.1 Å². The zero-order valence-corrected chi connectivity index (χ0v) is 15.7. The monoisotopic (exact) mass is 361 g/mol. The summed E-state index contributed by atoms with van der Waals surface area (Å²) in [7, 11) is -3.11. The second-order valence-electron chi connectivity index (χ2n) is 4.95. The summed E-state index contributed by atoms with van der Waals surface area (Å²) in [6.45, 7) is 8.21. The summed E-state index contributed by atoms with van der Waals surface area (Å²) in [5.74, 6) is 0.857. The Morgan fingerprint density at radius 2 is 2.09 bits per heavy atom. The Labute approximate surface area is 143 Å². The molecule has 0 spiro atoms. The van der Waals surface area contributed by atoms with E-state index >= 15 is 0 Å². The fraction of sp³-hybridized carbons (Fsp3) is 0.714. The molecule has 1 aromatic rings. The highest BCUT2D eigenvalue weighted by molar-refractivity contribution is 7.89. The van der Waals surface area contributed by atoms with E-state index in [2.05, 4.69) is 25.3 Å². The van der Waals surface area contributed by atoms with E-state index in [9.17, 15) is 8.42 Å². The molecule has 1 heterocycles. The van der Waals surface area contributed by atoms with Crippen LogP contribution in [0.4, 0.5) is 0 Å². The van der Waals surface area contributed by atoms with Gasteiger partial charge in [0.1, 0.15) is 0 Å². The number of sulfonamides is 1. The molecule has 0 amide bonds. The normalized spacial score (nSPS) is 12.4. The SMILES string of the molecule is CCNC(=NCCCNS(=O)(=O)CC)NCCc1ncc(C)s1. The number of guanidine groups is 1. The van der Waals surface area contributed by atoms with E-state index in [1.165, 1.54) is 4.88 Å². The summed E-state index contributed by atoms with van der Waals surface area (Å²) in [6.07, 6.45) is 3.41. The van der Waals surface area contributed by atoms with Gasteiger partial charge in [-0.25, -0.2) is 18.1 Å². The number of aryl methyl sites for hydroxylation is 1. The van der Waals surface area contributed by atoms with Crippen molar-refractivity contribution < 1.29 is 8.42 Å². The molecule has 1 aromatic heterocycles. The Morgan fingerprint density at radius 3 is 2.70 bits per heavy atom. The van der Waals surface area contributed by atoms with Gasteiger partial charge in [-0.05, 0) is 27.2 Å². The largest absolute Gasteiger partial charge is 0.357 e. The fourth-order valence-electron chi connectivity index (χ4n) is 1.75. The number of aliphatic imine (C=N–C) groups is 1. The molecular weight excluding hydrogens is 334 g/mol. The van der Waals surface area contributed by atoms with Crippen LogP contribution in [0.15, 0.2) is 11.2 Å². The van der Waals surface area contributed by atoms with E-state index < -0.39 is 10.0 Å². The number of aromatic nitrogens is 1. The van der Waals surface area contributed by atoms with Crippen LogP contribution >= 0.6 is 11.3 Å². The summed E-state index contributed by atoms with van der Waals surface area (Å²) in [5.41, 5.74) is 0. The number of nitrogens with one attached hydrogen (secondary N) is 3. The standard InChI is InChI=1S/C14H27N5O2S2/c1-4-15-14(16-8-6-9-19-23(20,21)5-2)17-10-7-13-18-11-12(3)22-13/h11,19H,4-10H2,1-3H3,(H2,15,16,17). The number of hydrogen-bond donors (Lipinski definition) is 3. The Kier molecular flexibility index (Phi) is 9.12. The molecule has 132 valence electrons. The van der Waals surface area contributed by atoms with Crippen molar-refractivity contribution in [1.29, 1.82) is 0 Å². The first-order valence-corrected chi connectivity index (χ1v) is 10.3. The lowest BCUT2D eigenvalue weighted by Crippen LogP contribution is -2.38. The molecule has 0 fully saturated rings. The van der Waals surface area contributed by atoms with E-state index in [1.54, 1.807) is 18.3 Å². The van der Waals surface area contributed by atoms with E-state index in [0.29, 0.717) is 19.5 Å². The van der Waals surface area contributed by atoms with E-state index in [0.717, 1.165) is 30.5 Å². The molecule has 0 aromatic carbocycles. The smallest absolute Gasteiger partial charge is 0.211 e. The maximum atomic E-state index is 11.3. The number of nitrogens with zero attached hydrogens (tertiary/aromatic N) is 2. The summed E-state index contributed by atoms with van der Waals surface area (Å²) in [4.78, 5) is 9.98. The number of thiazole rings is 1. The first-order chi connectivity index (χ1) is 11.0. The van der Waals surface area contributed by atoms with E-state index in [-0.39, 0.29) is 5.75 Å². The molecule has 3 N–H and O–H groups in total. The van der Waals surface area contributed by atoms with Crippen molar-refractivity contribution in [2.45, 2.75) is 33.6 Å². The highest BCUT2D eigenvalue weighted by Crippen LogP contribution is 2.10. The van der Waals surface area contributed by atoms with Gasteiger partial charge in [-0.15, -0.1) is 11.3 Å². The van der Waals surface area contributed by atoms with Crippen molar-refractivity contribution in [2.24, 2.45) is 4.99 Å². The molecule has 7 nitrogen and oxygen atoms in total. The predicted molar refractivity (Wildman–Crippen MR) is 96.6 cm³/mol. The Balaban J connectivity index is 2.29. The maximum absolute atomic E-state index is 11.3. The van der Waals surface area contributed by atoms with Gasteiger partial charge in [-0.2, -0.15) is 0 Å². The molecule has 0 radical (unpaired) electrons. The highest BCUT2D eigenvalue weighted by Gasteiger charge is 2.04. The van der Waals surface area contributed by atoms with Crippen LogP contribution < -0.4 is 15.4 Å². The van der Waals surface area contributed by atoms with Gasteiger partial charge >= 0.3 is 0 Å². The third kappa shape index (κ3) is 8.87. The van der Waals surface area contributed by atoms with Crippen LogP contribution in [-0.4, -0.2) is 51.3 Å². The number of hydrogen-bond acceptors (Lipinski definition) is 5. The zero-order valence-electron chi connectivity index (χ0n) is 14.1. The molecule has 0 aliphatic rings. The molecule has 0 atom stereocenters. The third-order valence-electron chi connectivity index (χ3n) is 2.95. The van der Waals surface area contributed by atoms with Crippen LogP contribution in [0.25, 0.3) is 0 Å². The van der Waals surface area contributed by atoms with Gasteiger partial charge in [0.2, 0.25) is 10.0 Å². The van der Waals surface area contributed by atoms with Crippen molar-refractivity contribution in [1.82, 2.24) is 20.3 Å². The van der Waals surface area contributed by atoms with Crippen LogP contribution in [0.1, 0.15) is 30.2 Å². The Hall–Kier alpha value is -1.19. The van der Waals surface area contributed by atoms with Crippen LogP contribution in [0.5, 0.6) is 0 Å². The summed E-state index contributed by atoms with van der Waals surface area (Å²) in [6, 6.07) is 0. The minimum absolute atomic E-state index is 0.108. The van der Waals surface area contributed by atoms with Gasteiger partial charge in [0.25, 0.3) is 0 Å². The minimum Gasteiger partial charge on any atom is -0.357 e. The lowest BCUT2D eigenvalue weighted by Gasteiger charge is -2.10. The molecule has 0 bridgehead atoms. The molecule has 0 aliphatic heterocycles. The Morgan fingerprint density at radius 1 is 1.30 bits per heavy atom. The van der Waals surface area contributed by atoms with Gasteiger partial charge in [-0.3, -0.25) is 4.99 Å². The van der Waals surface area contributed by atoms with Gasteiger partial charge < -0.3 is 10.6 Å². The van der Waals surface area contributed by atoms with Gasteiger partial charge in [0.05, 0.1) is 10.8 Å². The van der Waals surface area contributed by atoms with Crippen molar-refractivity contribution in [3.8, 4) is 0 Å². The summed E-state index contributed by atoms with van der Waals surface area (Å²) < 4.78 is 25.1. The minimum atomic E-state index is -3.11. The van der Waals surface area contributed by atoms with Gasteiger partial charge in [0.15, 0.2) is 5.96 Å². The second-order valence-corrected chi connectivity index (χ2v) is 8.37. The first kappa shape index (κ1) is 19.9. The fourth-order valence-corrected chi connectivity index (χ4v) is 3.19. The van der Waals surface area contributed by atoms with Crippen LogP contribution in [0.2, 0.25) is 0 Å². The number of rotatable bonds is 10. The lowest BCUT2D eigenvalue weighted by atomic mass is 10.4. The topological polar surface area (TPSA) is 95.5 Å². The predicted octanol–water partition coefficient (Wildman–Crippen LogP) is 0.879. The summed E-state index contributed by atoms with van der Waals surface area (Å²) in [5, 5.41) is 7.55. The molecule has 0 saturated carbocycles. The van der Waals surface area contributed by atoms with Crippen molar-refractivity contribution >= 4 is 27.3 Å². The first-order valence-electron chi connectivity index (χ1n) is 7.87. The molecule has 9 heteroatoms. The maximum Gasteiger partial charge on any atom is 0.211 e. The highest BCUT2D eigenvalue weighted by atomic mass is 32.2. The molecule has 0 unspecified atom stereocenters. The van der Waals surface area contributed by atoms with Crippen molar-refractivity contribution in [3.63, 3.8) is 0 Å². The summed E-state index contributed by atoms with van der Waals surface area (Å²) >= 11 is 1.71. The molecule has 23 heavy (non-hydrogen) atoms. The Bertz CT molecular complexity index is 584. The molecular formula is C14H27N5O2S2. The quantitative estimate of drug-likeness (QED) is 0.327. The van der Waals surface area contributed by atoms with Crippen LogP contribution in [0, 0.1) is 6.92 Å². The van der Waals surface area contributed by atoms with Gasteiger partial charge in [-0.1, -0.05) is 0 Å². The zero-order chi connectivity index (χ0) is 17.1. The van der Waals surface area contributed by atoms with Gasteiger partial charge in [0, 0.05) is 43.7 Å². The van der Waals surface area contributed by atoms with E-state index in [1.807, 2.05) is 20.0 Å². The van der Waals surface area contributed by atoms with E-state index in [4.69, 9.17) is 0 Å². The average Bonchev–Trinajstić information content (AvgIpc) is 2.92. The van der Waals surface area contributed by atoms with Crippen molar-refractivity contribution in [2.75, 3.05) is 31.9 Å². The third-order valence-corrected chi connectivity index (χ3v) is 5.33. The molecule has 1 rings (SSSR count). The van der Waals surface area contributed by atoms with Crippen LogP contribution in [0.3, 0.4) is 0 Å². The second kappa shape index (κ2) is 10.6. The molecule has 0 saturated heterocycles. The van der Waals surface area contributed by atoms with Crippen LogP contribution in [-0.2, 0) is 16.4 Å². The lowest BCUT2D eigenvalue weighted by molar-refractivity contribution is 0.581. The average molecular weight is 362 g/mol.